The lowest BCUT2D eigenvalue weighted by Crippen LogP contribution is -1.91. The Morgan fingerprint density at radius 3 is 1.79 bits per heavy atom. The van der Waals surface area contributed by atoms with E-state index in [-0.39, 0.29) is 0 Å². The van der Waals surface area contributed by atoms with Crippen LogP contribution >= 0.6 is 11.3 Å². The first kappa shape index (κ1) is 23.2. The van der Waals surface area contributed by atoms with Gasteiger partial charge in [-0.1, -0.05) is 103 Å². The summed E-state index contributed by atoms with van der Waals surface area (Å²) >= 11 is 1.88. The van der Waals surface area contributed by atoms with Crippen molar-refractivity contribution in [2.24, 2.45) is 0 Å². The van der Waals surface area contributed by atoms with Gasteiger partial charge in [-0.3, -0.25) is 0 Å². The van der Waals surface area contributed by atoms with Crippen LogP contribution in [0.1, 0.15) is 0 Å². The zero-order chi connectivity index (χ0) is 28.1. The van der Waals surface area contributed by atoms with E-state index < -0.39 is 0 Å². The molecule has 0 spiro atoms. The van der Waals surface area contributed by atoms with E-state index in [0.717, 1.165) is 38.5 Å². The minimum atomic E-state index is 0.839. The molecule has 2 nitrogen and oxygen atoms in total. The van der Waals surface area contributed by atoms with Crippen molar-refractivity contribution in [2.75, 3.05) is 0 Å². The largest absolute Gasteiger partial charge is 0.464 e. The summed E-state index contributed by atoms with van der Waals surface area (Å²) in [5.41, 5.74) is 7.45. The Hall–Kier alpha value is -5.38. The highest BCUT2D eigenvalue weighted by Gasteiger charge is 2.23. The summed E-state index contributed by atoms with van der Waals surface area (Å²) in [5.74, 6) is 0. The van der Waals surface area contributed by atoms with Crippen LogP contribution in [-0.4, -0.2) is 0 Å². The molecule has 0 amide bonds. The third-order valence-electron chi connectivity index (χ3n) is 8.96. The normalized spacial score (nSPS) is 12.2. The van der Waals surface area contributed by atoms with Crippen molar-refractivity contribution in [1.29, 1.82) is 0 Å². The topological polar surface area (TPSA) is 26.3 Å². The average Bonchev–Trinajstić information content (AvgIpc) is 3.78. The molecule has 3 heterocycles. The molecular weight excluding hydrogens is 545 g/mol. The molecule has 0 aliphatic carbocycles. The van der Waals surface area contributed by atoms with Gasteiger partial charge in [0.05, 0.1) is 11.6 Å². The molecule has 0 atom stereocenters. The first-order chi connectivity index (χ1) is 21.3. The predicted molar refractivity (Wildman–Crippen MR) is 182 cm³/mol. The third kappa shape index (κ3) is 3.12. The average molecular weight is 567 g/mol. The quantitative estimate of drug-likeness (QED) is 0.195. The fraction of sp³-hybridized carbons (Fsp3) is 0. The Bertz CT molecular complexity index is 2680. The zero-order valence-electron chi connectivity index (χ0n) is 22.9. The summed E-state index contributed by atoms with van der Waals surface area (Å²) < 4.78 is 15.3. The summed E-state index contributed by atoms with van der Waals surface area (Å²) in [6, 6.07) is 45.7. The van der Waals surface area contributed by atoms with Crippen LogP contribution in [0.4, 0.5) is 0 Å². The SMILES string of the molecule is c1ccc2c(c1)oc1cc(-c3c4ccccc4c(-c4cccc5c4sc4ccccc45)c4ccccc34)c3ccoc3c12. The lowest BCUT2D eigenvalue weighted by atomic mass is 9.84. The first-order valence-corrected chi connectivity index (χ1v) is 15.3. The third-order valence-corrected chi connectivity index (χ3v) is 10.2. The van der Waals surface area contributed by atoms with Crippen molar-refractivity contribution < 1.29 is 8.83 Å². The molecule has 0 radical (unpaired) electrons. The molecule has 0 bridgehead atoms. The molecule has 3 heteroatoms. The number of hydrogen-bond acceptors (Lipinski definition) is 3. The van der Waals surface area contributed by atoms with Gasteiger partial charge in [-0.2, -0.15) is 0 Å². The van der Waals surface area contributed by atoms with Crippen LogP contribution in [0.3, 0.4) is 0 Å². The van der Waals surface area contributed by atoms with Crippen LogP contribution in [0.15, 0.2) is 142 Å². The first-order valence-electron chi connectivity index (χ1n) is 14.5. The van der Waals surface area contributed by atoms with Crippen molar-refractivity contribution in [3.8, 4) is 22.3 Å². The highest BCUT2D eigenvalue weighted by atomic mass is 32.1. The van der Waals surface area contributed by atoms with Crippen LogP contribution in [0.2, 0.25) is 0 Å². The molecule has 0 saturated heterocycles. The Balaban J connectivity index is 1.38. The Morgan fingerprint density at radius 2 is 1.05 bits per heavy atom. The van der Waals surface area contributed by atoms with E-state index >= 15 is 0 Å². The number of furan rings is 2. The second-order valence-corrected chi connectivity index (χ2v) is 12.2. The maximum atomic E-state index is 6.43. The summed E-state index contributed by atoms with van der Waals surface area (Å²) in [7, 11) is 0. The molecule has 0 aliphatic rings. The van der Waals surface area contributed by atoms with E-state index in [1.165, 1.54) is 58.4 Å². The molecule has 0 saturated carbocycles. The van der Waals surface area contributed by atoms with E-state index in [0.29, 0.717) is 0 Å². The minimum absolute atomic E-state index is 0.839. The summed E-state index contributed by atoms with van der Waals surface area (Å²) in [5, 5.41) is 10.7. The highest BCUT2D eigenvalue weighted by Crippen LogP contribution is 2.50. The smallest absolute Gasteiger partial charge is 0.146 e. The summed E-state index contributed by atoms with van der Waals surface area (Å²) in [4.78, 5) is 0. The number of para-hydroxylation sites is 1. The number of thiophene rings is 1. The van der Waals surface area contributed by atoms with Crippen molar-refractivity contribution in [1.82, 2.24) is 0 Å². The minimum Gasteiger partial charge on any atom is -0.464 e. The van der Waals surface area contributed by atoms with Crippen LogP contribution in [0.5, 0.6) is 0 Å². The van der Waals surface area contributed by atoms with Crippen LogP contribution in [0, 0.1) is 0 Å². The van der Waals surface area contributed by atoms with E-state index in [4.69, 9.17) is 8.83 Å². The molecule has 10 rings (SSSR count). The van der Waals surface area contributed by atoms with Gasteiger partial charge < -0.3 is 8.83 Å². The van der Waals surface area contributed by atoms with Crippen LogP contribution in [-0.2, 0) is 0 Å². The second-order valence-electron chi connectivity index (χ2n) is 11.2. The molecule has 0 aliphatic heterocycles. The van der Waals surface area contributed by atoms with Gasteiger partial charge in [0.15, 0.2) is 0 Å². The van der Waals surface area contributed by atoms with Gasteiger partial charge in [-0.15, -0.1) is 11.3 Å². The highest BCUT2D eigenvalue weighted by molar-refractivity contribution is 7.26. The van der Waals surface area contributed by atoms with Crippen molar-refractivity contribution >= 4 is 86.0 Å². The maximum Gasteiger partial charge on any atom is 0.146 e. The summed E-state index contributed by atoms with van der Waals surface area (Å²) in [6.07, 6.45) is 1.80. The molecule has 7 aromatic carbocycles. The monoisotopic (exact) mass is 566 g/mol. The van der Waals surface area contributed by atoms with Crippen LogP contribution in [0.25, 0.3) is 96.9 Å². The molecule has 3 aromatic heterocycles. The number of rotatable bonds is 2. The van der Waals surface area contributed by atoms with Crippen molar-refractivity contribution in [3.05, 3.63) is 134 Å². The number of benzene rings is 7. The molecular formula is C40H22O2S. The molecule has 0 fully saturated rings. The van der Waals surface area contributed by atoms with E-state index in [1.807, 2.05) is 23.5 Å². The zero-order valence-corrected chi connectivity index (χ0v) is 23.7. The molecule has 10 aromatic rings. The summed E-state index contributed by atoms with van der Waals surface area (Å²) in [6.45, 7) is 0. The molecule has 43 heavy (non-hydrogen) atoms. The number of hydrogen-bond donors (Lipinski definition) is 0. The Labute approximate surface area is 250 Å². The van der Waals surface area contributed by atoms with Crippen molar-refractivity contribution in [2.45, 2.75) is 0 Å². The van der Waals surface area contributed by atoms with Gasteiger partial charge in [0.1, 0.15) is 16.7 Å². The fourth-order valence-electron chi connectivity index (χ4n) is 7.18. The van der Waals surface area contributed by atoms with Gasteiger partial charge in [0.2, 0.25) is 0 Å². The maximum absolute atomic E-state index is 6.43. The lowest BCUT2D eigenvalue weighted by molar-refractivity contribution is 0.618. The van der Waals surface area contributed by atoms with Crippen LogP contribution < -0.4 is 0 Å². The Kier molecular flexibility index (Phi) is 4.63. The molecule has 0 N–H and O–H groups in total. The second kappa shape index (κ2) is 8.57. The molecule has 0 unspecified atom stereocenters. The fourth-order valence-corrected chi connectivity index (χ4v) is 8.41. The predicted octanol–water partition coefficient (Wildman–Crippen LogP) is 12.3. The van der Waals surface area contributed by atoms with Gasteiger partial charge >= 0.3 is 0 Å². The van der Waals surface area contributed by atoms with Gasteiger partial charge in [0, 0.05) is 36.5 Å². The van der Waals surface area contributed by atoms with E-state index in [9.17, 15) is 0 Å². The van der Waals surface area contributed by atoms with E-state index in [1.54, 1.807) is 6.26 Å². The molecule has 200 valence electrons. The Morgan fingerprint density at radius 1 is 0.442 bits per heavy atom. The van der Waals surface area contributed by atoms with E-state index in [2.05, 4.69) is 115 Å². The van der Waals surface area contributed by atoms with Gasteiger partial charge in [-0.05, 0) is 62.5 Å². The van der Waals surface area contributed by atoms with Gasteiger partial charge in [-0.25, -0.2) is 0 Å². The standard InChI is InChI=1S/C40H22O2S/c1-3-13-26-24(11-1)36(31-17-9-16-29-23-10-6-8-19-35(23)43-40(29)31)25-12-2-4-14-27(25)37(26)32-22-34-38(39-28(32)20-21-41-39)30-15-5-7-18-33(30)42-34/h1-22H. The number of fused-ring (bicyclic) bond motifs is 10. The van der Waals surface area contributed by atoms with Crippen molar-refractivity contribution in [3.63, 3.8) is 0 Å². The van der Waals surface area contributed by atoms with Gasteiger partial charge in [0.25, 0.3) is 0 Å². The lowest BCUT2D eigenvalue weighted by Gasteiger charge is -2.18.